The van der Waals surface area contributed by atoms with Gasteiger partial charge in [-0.25, -0.2) is 9.97 Å². The number of hydrogen-bond donors (Lipinski definition) is 0. The Morgan fingerprint density at radius 2 is 1.92 bits per heavy atom. The third-order valence-electron chi connectivity index (χ3n) is 4.47. The normalized spacial score (nSPS) is 13.6. The van der Waals surface area contributed by atoms with Gasteiger partial charge in [-0.15, -0.1) is 0 Å². The van der Waals surface area contributed by atoms with Crippen molar-refractivity contribution in [1.82, 2.24) is 24.4 Å². The summed E-state index contributed by atoms with van der Waals surface area (Å²) < 4.78 is 2.19. The SMILES string of the molecule is Cc1cccc(-c2cnc3n2CCN(C(=O)c2cnc(C)cn2)C3)c1. The van der Waals surface area contributed by atoms with E-state index in [0.717, 1.165) is 29.3 Å². The van der Waals surface area contributed by atoms with E-state index >= 15 is 0 Å². The minimum atomic E-state index is -0.0983. The highest BCUT2D eigenvalue weighted by Gasteiger charge is 2.25. The van der Waals surface area contributed by atoms with Crippen LogP contribution in [0.25, 0.3) is 11.3 Å². The van der Waals surface area contributed by atoms with Crippen LogP contribution in [0.4, 0.5) is 0 Å². The lowest BCUT2D eigenvalue weighted by molar-refractivity contribution is 0.0701. The second kappa shape index (κ2) is 6.12. The van der Waals surface area contributed by atoms with E-state index in [9.17, 15) is 4.79 Å². The van der Waals surface area contributed by atoms with Crippen LogP contribution in [0.15, 0.2) is 42.9 Å². The maximum Gasteiger partial charge on any atom is 0.274 e. The van der Waals surface area contributed by atoms with Gasteiger partial charge >= 0.3 is 0 Å². The number of rotatable bonds is 2. The van der Waals surface area contributed by atoms with E-state index in [1.165, 1.54) is 11.8 Å². The molecule has 0 bridgehead atoms. The first-order valence-corrected chi connectivity index (χ1v) is 8.31. The fourth-order valence-electron chi connectivity index (χ4n) is 3.13. The van der Waals surface area contributed by atoms with E-state index < -0.39 is 0 Å². The van der Waals surface area contributed by atoms with E-state index in [0.29, 0.717) is 18.8 Å². The molecule has 25 heavy (non-hydrogen) atoms. The number of amides is 1. The molecular weight excluding hydrogens is 314 g/mol. The van der Waals surface area contributed by atoms with Crippen LogP contribution < -0.4 is 0 Å². The molecule has 0 aliphatic carbocycles. The first kappa shape index (κ1) is 15.5. The minimum Gasteiger partial charge on any atom is -0.328 e. The summed E-state index contributed by atoms with van der Waals surface area (Å²) in [5.74, 6) is 0.801. The third kappa shape index (κ3) is 2.91. The molecule has 4 rings (SSSR count). The van der Waals surface area contributed by atoms with Crippen LogP contribution in [0.1, 0.15) is 27.6 Å². The van der Waals surface area contributed by atoms with Crippen LogP contribution in [-0.2, 0) is 13.1 Å². The maximum absolute atomic E-state index is 12.6. The van der Waals surface area contributed by atoms with Gasteiger partial charge in [0, 0.05) is 24.8 Å². The van der Waals surface area contributed by atoms with Gasteiger partial charge in [0.25, 0.3) is 5.91 Å². The molecule has 0 unspecified atom stereocenters. The molecule has 6 nitrogen and oxygen atoms in total. The van der Waals surface area contributed by atoms with Crippen LogP contribution in [-0.4, -0.2) is 36.9 Å². The fourth-order valence-corrected chi connectivity index (χ4v) is 3.13. The van der Waals surface area contributed by atoms with E-state index in [2.05, 4.69) is 50.7 Å². The topological polar surface area (TPSA) is 63.9 Å². The Bertz CT molecular complexity index is 929. The monoisotopic (exact) mass is 333 g/mol. The molecule has 6 heteroatoms. The number of imidazole rings is 1. The van der Waals surface area contributed by atoms with Gasteiger partial charge in [0.2, 0.25) is 0 Å². The number of carbonyl (C=O) groups excluding carboxylic acids is 1. The number of fused-ring (bicyclic) bond motifs is 1. The average molecular weight is 333 g/mol. The van der Waals surface area contributed by atoms with E-state index in [-0.39, 0.29) is 5.91 Å². The predicted octanol–water partition coefficient (Wildman–Crippen LogP) is 2.61. The molecule has 126 valence electrons. The van der Waals surface area contributed by atoms with E-state index in [1.54, 1.807) is 11.1 Å². The van der Waals surface area contributed by atoms with Crippen molar-refractivity contribution in [2.75, 3.05) is 6.54 Å². The Kier molecular flexibility index (Phi) is 3.80. The highest BCUT2D eigenvalue weighted by atomic mass is 16.2. The third-order valence-corrected chi connectivity index (χ3v) is 4.47. The second-order valence-electron chi connectivity index (χ2n) is 6.35. The lowest BCUT2D eigenvalue weighted by Gasteiger charge is -2.28. The average Bonchev–Trinajstić information content (AvgIpc) is 3.05. The zero-order valence-corrected chi connectivity index (χ0v) is 14.3. The van der Waals surface area contributed by atoms with Crippen molar-refractivity contribution in [2.24, 2.45) is 0 Å². The standard InChI is InChI=1S/C19H19N5O/c1-13-4-3-5-15(8-13)17-11-22-18-12-23(6-7-24(17)18)19(25)16-10-20-14(2)9-21-16/h3-5,8-11H,6-7,12H2,1-2H3. The summed E-state index contributed by atoms with van der Waals surface area (Å²) in [6.07, 6.45) is 5.05. The van der Waals surface area contributed by atoms with E-state index in [1.807, 2.05) is 13.1 Å². The zero-order valence-electron chi connectivity index (χ0n) is 14.3. The van der Waals surface area contributed by atoms with Crippen molar-refractivity contribution < 1.29 is 4.79 Å². The molecule has 0 saturated heterocycles. The summed E-state index contributed by atoms with van der Waals surface area (Å²) in [6.45, 7) is 5.78. The molecule has 0 saturated carbocycles. The van der Waals surface area contributed by atoms with Crippen molar-refractivity contribution in [3.8, 4) is 11.3 Å². The maximum atomic E-state index is 12.6. The van der Waals surface area contributed by atoms with Crippen LogP contribution in [0.2, 0.25) is 0 Å². The molecule has 2 aromatic heterocycles. The molecule has 0 spiro atoms. The first-order chi connectivity index (χ1) is 12.1. The van der Waals surface area contributed by atoms with Gasteiger partial charge in [-0.05, 0) is 19.9 Å². The lowest BCUT2D eigenvalue weighted by Crippen LogP contribution is -2.39. The number of benzene rings is 1. The number of carbonyl (C=O) groups is 1. The Morgan fingerprint density at radius 3 is 2.68 bits per heavy atom. The van der Waals surface area contributed by atoms with Crippen molar-refractivity contribution >= 4 is 5.91 Å². The van der Waals surface area contributed by atoms with Crippen LogP contribution >= 0.6 is 0 Å². The Balaban J connectivity index is 1.58. The largest absolute Gasteiger partial charge is 0.328 e. The van der Waals surface area contributed by atoms with Gasteiger partial charge in [-0.2, -0.15) is 0 Å². The molecule has 0 fully saturated rings. The van der Waals surface area contributed by atoms with Gasteiger partial charge in [0.15, 0.2) is 0 Å². The summed E-state index contributed by atoms with van der Waals surface area (Å²) in [7, 11) is 0. The van der Waals surface area contributed by atoms with Gasteiger partial charge < -0.3 is 9.47 Å². The van der Waals surface area contributed by atoms with Crippen LogP contribution in [0.5, 0.6) is 0 Å². The summed E-state index contributed by atoms with van der Waals surface area (Å²) >= 11 is 0. The van der Waals surface area contributed by atoms with Gasteiger partial charge in [0.05, 0.1) is 30.3 Å². The smallest absolute Gasteiger partial charge is 0.274 e. The van der Waals surface area contributed by atoms with Crippen LogP contribution in [0, 0.1) is 13.8 Å². The Morgan fingerprint density at radius 1 is 1.04 bits per heavy atom. The molecule has 0 radical (unpaired) electrons. The van der Waals surface area contributed by atoms with Gasteiger partial charge in [-0.3, -0.25) is 9.78 Å². The number of aromatic nitrogens is 4. The van der Waals surface area contributed by atoms with Crippen molar-refractivity contribution in [3.63, 3.8) is 0 Å². The van der Waals surface area contributed by atoms with E-state index in [4.69, 9.17) is 0 Å². The Labute approximate surface area is 146 Å². The summed E-state index contributed by atoms with van der Waals surface area (Å²) in [5, 5.41) is 0. The van der Waals surface area contributed by atoms with Crippen LogP contribution in [0.3, 0.4) is 0 Å². The molecule has 3 aromatic rings. The quantitative estimate of drug-likeness (QED) is 0.723. The number of hydrogen-bond acceptors (Lipinski definition) is 4. The van der Waals surface area contributed by atoms with Gasteiger partial charge in [0.1, 0.15) is 11.5 Å². The lowest BCUT2D eigenvalue weighted by atomic mass is 10.1. The Hall–Kier alpha value is -3.02. The molecule has 1 aromatic carbocycles. The summed E-state index contributed by atoms with van der Waals surface area (Å²) in [4.78, 5) is 27.3. The summed E-state index contributed by atoms with van der Waals surface area (Å²) in [5.41, 5.74) is 4.65. The highest BCUT2D eigenvalue weighted by molar-refractivity contribution is 5.92. The molecule has 0 atom stereocenters. The zero-order chi connectivity index (χ0) is 17.4. The summed E-state index contributed by atoms with van der Waals surface area (Å²) in [6, 6.07) is 8.39. The predicted molar refractivity (Wildman–Crippen MR) is 93.9 cm³/mol. The molecule has 1 aliphatic rings. The molecule has 3 heterocycles. The number of nitrogens with zero attached hydrogens (tertiary/aromatic N) is 5. The molecule has 1 aliphatic heterocycles. The number of aryl methyl sites for hydroxylation is 2. The molecule has 1 amide bonds. The van der Waals surface area contributed by atoms with Crippen molar-refractivity contribution in [1.29, 1.82) is 0 Å². The van der Waals surface area contributed by atoms with Crippen molar-refractivity contribution in [3.05, 3.63) is 65.6 Å². The van der Waals surface area contributed by atoms with Crippen molar-refractivity contribution in [2.45, 2.75) is 26.9 Å². The molecular formula is C19H19N5O. The molecule has 0 N–H and O–H groups in total. The van der Waals surface area contributed by atoms with Gasteiger partial charge in [-0.1, -0.05) is 23.8 Å². The fraction of sp³-hybridized carbons (Fsp3) is 0.263. The first-order valence-electron chi connectivity index (χ1n) is 8.31. The second-order valence-corrected chi connectivity index (χ2v) is 6.35. The highest BCUT2D eigenvalue weighted by Crippen LogP contribution is 2.25. The minimum absolute atomic E-state index is 0.0983.